The minimum atomic E-state index is -1.14. The second-order valence-electron chi connectivity index (χ2n) is 11.8. The largest absolute Gasteiger partial charge is 0.496 e. The van der Waals surface area contributed by atoms with Crippen LogP contribution in [0.4, 0.5) is 15.8 Å². The van der Waals surface area contributed by atoms with Gasteiger partial charge in [-0.05, 0) is 99.7 Å². The van der Waals surface area contributed by atoms with Crippen molar-refractivity contribution in [2.24, 2.45) is 5.73 Å². The van der Waals surface area contributed by atoms with E-state index in [1.54, 1.807) is 92.0 Å². The maximum atomic E-state index is 15.2. The molecule has 6 aromatic rings. The number of benzene rings is 5. The number of Topliss-reactive ketones (excluding diaryl/α,β-unsaturated/α-hetero) is 1. The lowest BCUT2D eigenvalue weighted by molar-refractivity contribution is -0.138. The number of hydrogen-bond donors (Lipinski definition) is 4. The van der Waals surface area contributed by atoms with Crippen LogP contribution in [0.5, 0.6) is 5.75 Å². The summed E-state index contributed by atoms with van der Waals surface area (Å²) in [6.45, 7) is 0.344. The Morgan fingerprint density at radius 3 is 2.45 bits per heavy atom. The van der Waals surface area contributed by atoms with Crippen molar-refractivity contribution in [2.45, 2.75) is 25.4 Å². The summed E-state index contributed by atoms with van der Waals surface area (Å²) in [7, 11) is 1.55. The molecule has 0 aliphatic heterocycles. The number of nitrogens with zero attached hydrogens (tertiary/aromatic N) is 1. The summed E-state index contributed by atoms with van der Waals surface area (Å²) in [6.07, 6.45) is 0.0960. The van der Waals surface area contributed by atoms with E-state index in [1.165, 1.54) is 6.07 Å². The normalized spacial score (nSPS) is 11.6. The number of carbonyl (C=O) groups is 3. The number of fused-ring (bicyclic) bond motifs is 1. The molecule has 6 rings (SSSR count). The molecule has 0 radical (unpaired) electrons. The summed E-state index contributed by atoms with van der Waals surface area (Å²) in [5, 5.41) is 15.2. The van der Waals surface area contributed by atoms with Gasteiger partial charge in [0.15, 0.2) is 11.4 Å². The van der Waals surface area contributed by atoms with Crippen LogP contribution >= 0.6 is 15.9 Å². The molecule has 1 atom stereocenters. The smallest absolute Gasteiger partial charge is 0.320 e. The molecule has 1 amide bonds. The Morgan fingerprint density at radius 2 is 1.73 bits per heavy atom. The van der Waals surface area contributed by atoms with Crippen LogP contribution in [0, 0.1) is 5.82 Å². The number of carbonyl (C=O) groups excluding carboxylic acids is 2. The predicted octanol–water partition coefficient (Wildman–Crippen LogP) is 7.65. The van der Waals surface area contributed by atoms with Crippen LogP contribution < -0.4 is 21.1 Å². The Balaban J connectivity index is 1.07. The molecule has 0 fully saturated rings. The number of carboxylic acid groups (broad SMARTS) is 1. The average molecular weight is 752 g/mol. The maximum Gasteiger partial charge on any atom is 0.320 e. The highest BCUT2D eigenvalue weighted by atomic mass is 79.9. The second-order valence-corrected chi connectivity index (χ2v) is 12.6. The maximum absolute atomic E-state index is 15.2. The number of nitrogens with two attached hydrogens (primary N) is 1. The van der Waals surface area contributed by atoms with Crippen LogP contribution in [-0.2, 0) is 24.2 Å². The van der Waals surface area contributed by atoms with Gasteiger partial charge in [-0.25, -0.2) is 9.37 Å². The van der Waals surface area contributed by atoms with Crippen molar-refractivity contribution in [2.75, 3.05) is 17.7 Å². The Labute approximate surface area is 300 Å². The number of amides is 1. The van der Waals surface area contributed by atoms with Gasteiger partial charge in [0, 0.05) is 35.3 Å². The number of methoxy groups -OCH3 is 1. The summed E-state index contributed by atoms with van der Waals surface area (Å²) in [5.74, 6) is -1.22. The first-order valence-corrected chi connectivity index (χ1v) is 16.6. The van der Waals surface area contributed by atoms with Crippen LogP contribution in [0.3, 0.4) is 0 Å². The number of carboxylic acids is 1. The molecule has 0 saturated heterocycles. The van der Waals surface area contributed by atoms with Gasteiger partial charge >= 0.3 is 5.97 Å². The lowest BCUT2D eigenvalue weighted by Gasteiger charge is -2.11. The number of ketones is 1. The minimum absolute atomic E-state index is 0.0348. The van der Waals surface area contributed by atoms with E-state index in [9.17, 15) is 19.5 Å². The number of oxazole rings is 1. The highest BCUT2D eigenvalue weighted by Gasteiger charge is 2.19. The van der Waals surface area contributed by atoms with Crippen LogP contribution in [0.2, 0.25) is 0 Å². The monoisotopic (exact) mass is 750 g/mol. The molecule has 1 aromatic heterocycles. The van der Waals surface area contributed by atoms with Gasteiger partial charge in [0.05, 0.1) is 17.3 Å². The van der Waals surface area contributed by atoms with Crippen LogP contribution in [0.1, 0.15) is 37.4 Å². The van der Waals surface area contributed by atoms with E-state index in [0.717, 1.165) is 5.56 Å². The Hall–Kier alpha value is -5.85. The summed E-state index contributed by atoms with van der Waals surface area (Å²) in [4.78, 5) is 41.6. The molecule has 0 spiro atoms. The zero-order chi connectivity index (χ0) is 36.1. The molecule has 5 N–H and O–H groups in total. The van der Waals surface area contributed by atoms with E-state index in [2.05, 4.69) is 31.5 Å². The fraction of sp³-hybridized carbons (Fsp3) is 0.128. The highest BCUT2D eigenvalue weighted by Crippen LogP contribution is 2.29. The van der Waals surface area contributed by atoms with Gasteiger partial charge < -0.3 is 30.6 Å². The number of halogens is 2. The number of nitrogens with one attached hydrogen (secondary N) is 2. The van der Waals surface area contributed by atoms with Crippen LogP contribution in [0.25, 0.3) is 22.6 Å². The van der Waals surface area contributed by atoms with Crippen molar-refractivity contribution < 1.29 is 33.0 Å². The van der Waals surface area contributed by atoms with E-state index in [0.29, 0.717) is 67.1 Å². The van der Waals surface area contributed by atoms with Gasteiger partial charge in [0.2, 0.25) is 5.89 Å². The first kappa shape index (κ1) is 35.0. The molecule has 0 aliphatic rings. The molecule has 0 bridgehead atoms. The molecule has 0 unspecified atom stereocenters. The summed E-state index contributed by atoms with van der Waals surface area (Å²) >= 11 is 3.39. The fourth-order valence-electron chi connectivity index (χ4n) is 5.49. The number of aromatic nitrogens is 1. The second kappa shape index (κ2) is 15.4. The van der Waals surface area contributed by atoms with Gasteiger partial charge in [-0.3, -0.25) is 14.4 Å². The third kappa shape index (κ3) is 8.31. The SMILES string of the molecule is COc1ccc(C(=O)Nc2ccc(CNc3ccc(-c4nc5cc(CC(=O)c6ccccc6C[C@H](N)C(=O)O)ccc5o4)cc3F)cc2)cc1Br. The zero-order valence-corrected chi connectivity index (χ0v) is 28.9. The third-order valence-electron chi connectivity index (χ3n) is 8.22. The van der Waals surface area contributed by atoms with Gasteiger partial charge in [0.1, 0.15) is 23.1 Å². The van der Waals surface area contributed by atoms with E-state index in [-0.39, 0.29) is 30.4 Å². The van der Waals surface area contributed by atoms with E-state index in [1.807, 2.05) is 12.1 Å². The molecule has 258 valence electrons. The van der Waals surface area contributed by atoms with Crippen LogP contribution in [-0.4, -0.2) is 40.9 Å². The summed E-state index contributed by atoms with van der Waals surface area (Å²) in [6, 6.07) is 27.9. The molecular weight excluding hydrogens is 719 g/mol. The molecule has 51 heavy (non-hydrogen) atoms. The van der Waals surface area contributed by atoms with Gasteiger partial charge in [-0.15, -0.1) is 0 Å². The van der Waals surface area contributed by atoms with Gasteiger partial charge in [-0.2, -0.15) is 0 Å². The van der Waals surface area contributed by atoms with Crippen LogP contribution in [0.15, 0.2) is 112 Å². The fourth-order valence-corrected chi connectivity index (χ4v) is 6.03. The van der Waals surface area contributed by atoms with Crippen molar-refractivity contribution in [1.29, 1.82) is 0 Å². The standard InChI is InChI=1S/C39H32BrFN4O6/c1-50-35-15-10-25(18-29(35)40)37(47)44-27-11-6-22(7-12-27)21-43-32-13-9-26(19-30(32)41)38-45-33-16-23(8-14-36(33)51-38)17-34(46)28-5-3-2-4-24(28)20-31(42)39(48)49/h2-16,18-19,31,43H,17,20-21,42H2,1H3,(H,44,47)(H,48,49)/t31-/m0/s1. The molecular formula is C39H32BrFN4O6. The van der Waals surface area contributed by atoms with E-state index >= 15 is 4.39 Å². The molecule has 12 heteroatoms. The minimum Gasteiger partial charge on any atom is -0.496 e. The van der Waals surface area contributed by atoms with Gasteiger partial charge in [0.25, 0.3) is 5.91 Å². The topological polar surface area (TPSA) is 157 Å². The number of hydrogen-bond acceptors (Lipinski definition) is 8. The Kier molecular flexibility index (Phi) is 10.5. The van der Waals surface area contributed by atoms with Crippen molar-refractivity contribution in [3.8, 4) is 17.2 Å². The van der Waals surface area contributed by atoms with E-state index < -0.39 is 17.8 Å². The first-order chi connectivity index (χ1) is 24.6. The number of aliphatic carboxylic acids is 1. The predicted molar refractivity (Wildman–Crippen MR) is 196 cm³/mol. The number of rotatable bonds is 13. The zero-order valence-electron chi connectivity index (χ0n) is 27.3. The molecule has 10 nitrogen and oxygen atoms in total. The number of ether oxygens (including phenoxy) is 1. The van der Waals surface area contributed by atoms with Gasteiger partial charge in [-0.1, -0.05) is 42.5 Å². The Morgan fingerprint density at radius 1 is 0.961 bits per heavy atom. The van der Waals surface area contributed by atoms with Crippen molar-refractivity contribution in [3.63, 3.8) is 0 Å². The van der Waals surface area contributed by atoms with E-state index in [4.69, 9.17) is 14.9 Å². The summed E-state index contributed by atoms with van der Waals surface area (Å²) in [5.41, 5.74) is 11.1. The lowest BCUT2D eigenvalue weighted by Crippen LogP contribution is -2.32. The van der Waals surface area contributed by atoms with Crippen molar-refractivity contribution in [3.05, 3.63) is 141 Å². The molecule has 0 aliphatic carbocycles. The number of anilines is 2. The lowest BCUT2D eigenvalue weighted by atomic mass is 9.95. The quantitative estimate of drug-likeness (QED) is 0.0871. The molecule has 1 heterocycles. The average Bonchev–Trinajstić information content (AvgIpc) is 3.55. The Bertz CT molecular complexity index is 2260. The van der Waals surface area contributed by atoms with Crippen molar-refractivity contribution in [1.82, 2.24) is 4.98 Å². The third-order valence-corrected chi connectivity index (χ3v) is 8.84. The van der Waals surface area contributed by atoms with Crippen molar-refractivity contribution >= 4 is 56.1 Å². The summed E-state index contributed by atoms with van der Waals surface area (Å²) < 4.78 is 27.0. The highest BCUT2D eigenvalue weighted by molar-refractivity contribution is 9.10. The first-order valence-electron chi connectivity index (χ1n) is 15.8. The molecule has 0 saturated carbocycles. The molecule has 5 aromatic carbocycles.